The molecule has 2 unspecified atom stereocenters. The lowest BCUT2D eigenvalue weighted by molar-refractivity contribution is -0.138. The number of aromatic nitrogens is 7. The quantitative estimate of drug-likeness (QED) is 0.0220. The summed E-state index contributed by atoms with van der Waals surface area (Å²) in [5.74, 6) is -3.02. The van der Waals surface area contributed by atoms with E-state index in [0.29, 0.717) is 100 Å². The van der Waals surface area contributed by atoms with Gasteiger partial charge in [0, 0.05) is 78.5 Å². The molecule has 0 spiro atoms. The Balaban J connectivity index is 0.992. The average Bonchev–Trinajstić information content (AvgIpc) is 1.91. The van der Waals surface area contributed by atoms with Crippen LogP contribution in [0.4, 0.5) is 10.6 Å². The van der Waals surface area contributed by atoms with Crippen molar-refractivity contribution >= 4 is 122 Å². The predicted octanol–water partition coefficient (Wildman–Crippen LogP) is 9.95. The number of methoxy groups -OCH3 is 1. The van der Waals surface area contributed by atoms with Crippen molar-refractivity contribution in [3.8, 4) is 43.4 Å². The molecule has 460 valence electrons. The third-order valence-corrected chi connectivity index (χ3v) is 19.7. The highest BCUT2D eigenvalue weighted by atomic mass is 32.1. The maximum atomic E-state index is 14.2. The highest BCUT2D eigenvalue weighted by molar-refractivity contribution is 7.15. The van der Waals surface area contributed by atoms with Gasteiger partial charge in [-0.1, -0.05) is 50.8 Å². The Labute approximate surface area is 530 Å². The van der Waals surface area contributed by atoms with Gasteiger partial charge in [-0.3, -0.25) is 28.9 Å². The highest BCUT2D eigenvalue weighted by Crippen LogP contribution is 2.40. The maximum absolute atomic E-state index is 14.2. The molecule has 7 aromatic heterocycles. The summed E-state index contributed by atoms with van der Waals surface area (Å²) < 4.78 is 5.33. The summed E-state index contributed by atoms with van der Waals surface area (Å²) in [6, 6.07) is 11.8. The first-order valence-corrected chi connectivity index (χ1v) is 33.1. The largest absolute Gasteiger partial charge is 0.481 e. The van der Waals surface area contributed by atoms with Crippen LogP contribution in [-0.2, 0) is 43.4 Å². The van der Waals surface area contributed by atoms with Gasteiger partial charge >= 0.3 is 18.0 Å². The molecule has 1 aliphatic heterocycles. The third kappa shape index (κ3) is 15.8. The standard InChI is InChI=1S/C59H63N13O10S6/c1-31(2)48(58-70-51(42(88-58)26-82-6)52(79)61-21-23-73)68-53(80)49-33(4)87-57(69-49)38(24-44(74)60-5)62-32(3)39-27-84-54(65-39)36-18-19-37(64-50(36)40-28-85-56(66-40)41-29-83-45(63-41)20-17-34-12-8-7-9-13-34)55-67-43(30-86-55)72-35(14-10-15-46(75)76)25-71(59(72)81)22-11-16-47(77)78/h7-9,12-13,18-19,23,27-31,35,38,48,62H,3,10-11,14-17,20-22,24-26H2,1-2,4-6H3,(H,60,74)(H,61,79)(H,68,80)(H,75,76)(H,77,78)/t35?,38-,48?/m0/s1. The van der Waals surface area contributed by atoms with E-state index >= 15 is 0 Å². The molecule has 29 heteroatoms. The lowest BCUT2D eigenvalue weighted by atomic mass is 10.0. The monoisotopic (exact) mass is 1310 g/mol. The van der Waals surface area contributed by atoms with Gasteiger partial charge in [0.2, 0.25) is 5.91 Å². The first-order chi connectivity index (χ1) is 42.4. The lowest BCUT2D eigenvalue weighted by Crippen LogP contribution is -2.35. The van der Waals surface area contributed by atoms with Gasteiger partial charge in [-0.05, 0) is 56.2 Å². The molecule has 88 heavy (non-hydrogen) atoms. The summed E-state index contributed by atoms with van der Waals surface area (Å²) >= 11 is 8.12. The number of anilines is 1. The number of ether oxygens (including phenoxy) is 1. The van der Waals surface area contributed by atoms with Crippen molar-refractivity contribution in [2.45, 2.75) is 96.9 Å². The van der Waals surface area contributed by atoms with Gasteiger partial charge in [0.1, 0.15) is 65.6 Å². The first kappa shape index (κ1) is 64.4. The number of nitrogens with one attached hydrogen (secondary N) is 4. The minimum atomic E-state index is -0.962. The number of amides is 5. The summed E-state index contributed by atoms with van der Waals surface area (Å²) in [6.07, 6.45) is 2.95. The summed E-state index contributed by atoms with van der Waals surface area (Å²) in [5, 5.41) is 41.5. The fourth-order valence-corrected chi connectivity index (χ4v) is 15.1. The second kappa shape index (κ2) is 29.8. The minimum Gasteiger partial charge on any atom is -0.481 e. The Hall–Kier alpha value is -8.06. The number of rotatable bonds is 31. The molecule has 8 aromatic rings. The number of hydrogen-bond acceptors (Lipinski definition) is 22. The fraction of sp³-hybridized carbons (Fsp3) is 0.356. The van der Waals surface area contributed by atoms with Crippen LogP contribution in [0.25, 0.3) is 49.1 Å². The SMILES string of the molecule is C=C(N[C@@H](CC(=O)NC)c1nc(C(=O)NC(c2nc(C(=O)NCC=O)c(COC)s2)C(C)C)c(C)s1)c1csc(-c2ccc(-c3nc(N4C(=O)N(CCCC(=O)O)CC4CCCC(=O)O)cs3)nc2-c2csc(-c3csc(CCc4ccccc4)n3)n2)n1. The van der Waals surface area contributed by atoms with Crippen LogP contribution in [0, 0.1) is 12.8 Å². The molecule has 1 aliphatic rings. The minimum absolute atomic E-state index is 0.0680. The van der Waals surface area contributed by atoms with Crippen LogP contribution in [0.15, 0.2) is 70.6 Å². The molecule has 1 aromatic carbocycles. The summed E-state index contributed by atoms with van der Waals surface area (Å²) in [5.41, 5.74) is 5.25. The molecule has 1 fully saturated rings. The van der Waals surface area contributed by atoms with Gasteiger partial charge in [-0.2, -0.15) is 0 Å². The topological polar surface area (TPSA) is 314 Å². The van der Waals surface area contributed by atoms with Crippen LogP contribution in [0.1, 0.15) is 121 Å². The number of hydrogen-bond donors (Lipinski definition) is 6. The summed E-state index contributed by atoms with van der Waals surface area (Å²) in [7, 11) is 3.02. The molecule has 5 amide bonds. The van der Waals surface area contributed by atoms with Crippen LogP contribution >= 0.6 is 68.0 Å². The number of carbonyl (C=O) groups excluding carboxylic acids is 5. The van der Waals surface area contributed by atoms with Gasteiger partial charge in [0.25, 0.3) is 11.8 Å². The Morgan fingerprint density at radius 3 is 2.25 bits per heavy atom. The van der Waals surface area contributed by atoms with E-state index in [1.807, 2.05) is 60.3 Å². The number of aryl methyl sites for hydroxylation is 3. The zero-order chi connectivity index (χ0) is 62.6. The van der Waals surface area contributed by atoms with Gasteiger partial charge < -0.3 is 45.9 Å². The van der Waals surface area contributed by atoms with Crippen molar-refractivity contribution in [1.29, 1.82) is 0 Å². The van der Waals surface area contributed by atoms with Gasteiger partial charge in [0.05, 0.1) is 64.7 Å². The van der Waals surface area contributed by atoms with Gasteiger partial charge in [0.15, 0.2) is 0 Å². The fourth-order valence-electron chi connectivity index (χ4n) is 9.62. The molecule has 0 saturated carbocycles. The van der Waals surface area contributed by atoms with E-state index in [4.69, 9.17) is 34.6 Å². The zero-order valence-electron chi connectivity index (χ0n) is 48.6. The number of carboxylic acids is 2. The molecule has 1 saturated heterocycles. The molecule has 6 N–H and O–H groups in total. The second-order valence-electron chi connectivity index (χ2n) is 20.7. The van der Waals surface area contributed by atoms with E-state index in [2.05, 4.69) is 45.0 Å². The van der Waals surface area contributed by atoms with Crippen LogP contribution in [0.2, 0.25) is 0 Å². The van der Waals surface area contributed by atoms with Crippen LogP contribution < -0.4 is 26.2 Å². The number of thiazole rings is 6. The predicted molar refractivity (Wildman–Crippen MR) is 341 cm³/mol. The van der Waals surface area contributed by atoms with E-state index in [9.17, 15) is 43.8 Å². The van der Waals surface area contributed by atoms with Crippen molar-refractivity contribution in [2.75, 3.05) is 38.7 Å². The van der Waals surface area contributed by atoms with E-state index < -0.39 is 41.9 Å². The number of benzene rings is 1. The zero-order valence-corrected chi connectivity index (χ0v) is 53.5. The highest BCUT2D eigenvalue weighted by Gasteiger charge is 2.39. The molecule has 0 radical (unpaired) electrons. The molecule has 0 aliphatic carbocycles. The Morgan fingerprint density at radius 2 is 1.51 bits per heavy atom. The second-order valence-corrected chi connectivity index (χ2v) is 26.5. The Bertz CT molecular complexity index is 3830. The molecule has 8 heterocycles. The summed E-state index contributed by atoms with van der Waals surface area (Å²) in [6.45, 7) is 10.4. The number of urea groups is 1. The number of aliphatic carboxylic acids is 2. The van der Waals surface area contributed by atoms with Crippen LogP contribution in [0.3, 0.4) is 0 Å². The number of nitrogens with zero attached hydrogens (tertiary/aromatic N) is 9. The van der Waals surface area contributed by atoms with E-state index in [1.54, 1.807) is 33.4 Å². The first-order valence-electron chi connectivity index (χ1n) is 28.0. The van der Waals surface area contributed by atoms with Crippen molar-refractivity contribution in [3.63, 3.8) is 0 Å². The molecular formula is C59H63N13O10S6. The number of pyridine rings is 1. The normalized spacial score (nSPS) is 13.8. The average molecular weight is 1310 g/mol. The van der Waals surface area contributed by atoms with Gasteiger partial charge in [-0.15, -0.1) is 68.0 Å². The van der Waals surface area contributed by atoms with Crippen LogP contribution in [-0.4, -0.2) is 132 Å². The third-order valence-electron chi connectivity index (χ3n) is 14.0. The molecule has 23 nitrogen and oxygen atoms in total. The van der Waals surface area contributed by atoms with Gasteiger partial charge in [-0.25, -0.2) is 39.7 Å². The van der Waals surface area contributed by atoms with E-state index in [1.165, 1.54) is 76.4 Å². The summed E-state index contributed by atoms with van der Waals surface area (Å²) in [4.78, 5) is 127. The smallest absolute Gasteiger partial charge is 0.326 e. The van der Waals surface area contributed by atoms with Crippen LogP contribution in [0.5, 0.6) is 0 Å². The Morgan fingerprint density at radius 1 is 0.784 bits per heavy atom. The molecule has 9 rings (SSSR count). The maximum Gasteiger partial charge on any atom is 0.326 e. The number of carbonyl (C=O) groups is 7. The number of carboxylic acid groups (broad SMARTS) is 2. The Kier molecular flexibility index (Phi) is 21.8. The van der Waals surface area contributed by atoms with Crippen molar-refractivity contribution in [3.05, 3.63) is 118 Å². The van der Waals surface area contributed by atoms with Crippen molar-refractivity contribution in [1.82, 2.24) is 61.1 Å². The lowest BCUT2D eigenvalue weighted by Gasteiger charge is -2.20. The van der Waals surface area contributed by atoms with E-state index in [-0.39, 0.29) is 74.6 Å². The van der Waals surface area contributed by atoms with Crippen molar-refractivity contribution in [2.24, 2.45) is 5.92 Å². The molecule has 0 bridgehead atoms. The molecule has 3 atom stereocenters. The van der Waals surface area contributed by atoms with Crippen molar-refractivity contribution < 1.29 is 48.5 Å². The van der Waals surface area contributed by atoms with E-state index in [0.717, 1.165) is 23.5 Å². The number of aldehydes is 1. The molecular weight excluding hydrogens is 1240 g/mol.